The zero-order valence-corrected chi connectivity index (χ0v) is 12.6. The van der Waals surface area contributed by atoms with E-state index in [1.807, 2.05) is 30.3 Å². The van der Waals surface area contributed by atoms with Gasteiger partial charge in [-0.15, -0.1) is 0 Å². The van der Waals surface area contributed by atoms with Crippen molar-refractivity contribution in [3.63, 3.8) is 0 Å². The molecule has 0 heterocycles. The Balaban J connectivity index is 2.65. The summed E-state index contributed by atoms with van der Waals surface area (Å²) < 4.78 is 9.04. The molecule has 22 heavy (non-hydrogen) atoms. The maximum absolute atomic E-state index is 12.1. The molecule has 1 rings (SSSR count). The van der Waals surface area contributed by atoms with E-state index in [9.17, 15) is 14.4 Å². The Morgan fingerprint density at radius 2 is 1.77 bits per heavy atom. The largest absolute Gasteiger partial charge is 0.469 e. The monoisotopic (exact) mass is 308 g/mol. The van der Waals surface area contributed by atoms with Crippen molar-refractivity contribution in [1.82, 2.24) is 5.32 Å². The molecule has 1 aromatic carbocycles. The number of amides is 1. The number of carbonyl (C=O) groups is 3. The van der Waals surface area contributed by atoms with Crippen molar-refractivity contribution in [2.45, 2.75) is 24.9 Å². The van der Waals surface area contributed by atoms with Gasteiger partial charge in [-0.3, -0.25) is 9.59 Å². The SMILES string of the molecule is COC(=O)CC(NC(=O)C(N)Cc1ccccc1)C(=O)OC. The topological polar surface area (TPSA) is 108 Å². The highest BCUT2D eigenvalue weighted by atomic mass is 16.5. The molecule has 0 radical (unpaired) electrons. The van der Waals surface area contributed by atoms with Crippen LogP contribution in [0.4, 0.5) is 0 Å². The van der Waals surface area contributed by atoms with Crippen molar-refractivity contribution in [1.29, 1.82) is 0 Å². The second kappa shape index (κ2) is 8.78. The Hall–Kier alpha value is -2.41. The normalized spacial score (nSPS) is 12.9. The van der Waals surface area contributed by atoms with Crippen molar-refractivity contribution >= 4 is 17.8 Å². The minimum absolute atomic E-state index is 0.313. The number of esters is 2. The van der Waals surface area contributed by atoms with Gasteiger partial charge in [0.05, 0.1) is 26.7 Å². The van der Waals surface area contributed by atoms with Crippen molar-refractivity contribution in [2.75, 3.05) is 14.2 Å². The second-order valence-electron chi connectivity index (χ2n) is 4.66. The van der Waals surface area contributed by atoms with Crippen LogP contribution in [0.3, 0.4) is 0 Å². The van der Waals surface area contributed by atoms with Crippen molar-refractivity contribution < 1.29 is 23.9 Å². The fraction of sp³-hybridized carbons (Fsp3) is 0.400. The van der Waals surface area contributed by atoms with Crippen LogP contribution in [0.15, 0.2) is 30.3 Å². The van der Waals surface area contributed by atoms with Crippen LogP contribution in [0.1, 0.15) is 12.0 Å². The molecule has 0 saturated carbocycles. The number of nitrogens with two attached hydrogens (primary N) is 1. The highest BCUT2D eigenvalue weighted by Gasteiger charge is 2.27. The Morgan fingerprint density at radius 3 is 2.32 bits per heavy atom. The number of carbonyl (C=O) groups excluding carboxylic acids is 3. The van der Waals surface area contributed by atoms with Gasteiger partial charge < -0.3 is 20.5 Å². The van der Waals surface area contributed by atoms with Crippen molar-refractivity contribution in [3.8, 4) is 0 Å². The summed E-state index contributed by atoms with van der Waals surface area (Å²) in [4.78, 5) is 34.9. The molecular formula is C15H20N2O5. The number of methoxy groups -OCH3 is 2. The van der Waals surface area contributed by atoms with Gasteiger partial charge in [0.15, 0.2) is 0 Å². The van der Waals surface area contributed by atoms with Gasteiger partial charge in [-0.25, -0.2) is 4.79 Å². The first-order valence-corrected chi connectivity index (χ1v) is 6.72. The van der Waals surface area contributed by atoms with Crippen LogP contribution in [0.5, 0.6) is 0 Å². The molecule has 120 valence electrons. The van der Waals surface area contributed by atoms with Crippen LogP contribution < -0.4 is 11.1 Å². The number of benzene rings is 1. The maximum atomic E-state index is 12.1. The van der Waals surface area contributed by atoms with E-state index < -0.39 is 29.9 Å². The number of hydrogen-bond acceptors (Lipinski definition) is 6. The fourth-order valence-corrected chi connectivity index (χ4v) is 1.83. The zero-order chi connectivity index (χ0) is 16.5. The molecule has 0 aliphatic carbocycles. The molecule has 2 unspecified atom stereocenters. The van der Waals surface area contributed by atoms with E-state index in [-0.39, 0.29) is 6.42 Å². The van der Waals surface area contributed by atoms with Crippen LogP contribution >= 0.6 is 0 Å². The van der Waals surface area contributed by atoms with Gasteiger partial charge in [0.25, 0.3) is 0 Å². The molecule has 1 aromatic rings. The summed E-state index contributed by atoms with van der Waals surface area (Å²) in [5.74, 6) is -1.90. The highest BCUT2D eigenvalue weighted by molar-refractivity contribution is 5.90. The molecule has 1 amide bonds. The standard InChI is InChI=1S/C15H20N2O5/c1-21-13(18)9-12(15(20)22-2)17-14(19)11(16)8-10-6-4-3-5-7-10/h3-7,11-12H,8-9,16H2,1-2H3,(H,17,19). The molecule has 0 spiro atoms. The van der Waals surface area contributed by atoms with Crippen molar-refractivity contribution in [3.05, 3.63) is 35.9 Å². The molecule has 0 aliphatic rings. The molecule has 3 N–H and O–H groups in total. The quantitative estimate of drug-likeness (QED) is 0.674. The lowest BCUT2D eigenvalue weighted by Gasteiger charge is -2.18. The lowest BCUT2D eigenvalue weighted by molar-refractivity contribution is -0.150. The predicted octanol–water partition coefficient (Wildman–Crippen LogP) is -0.223. The third-order valence-electron chi connectivity index (χ3n) is 3.04. The van der Waals surface area contributed by atoms with E-state index in [4.69, 9.17) is 5.73 Å². The first kappa shape index (κ1) is 17.6. The summed E-state index contributed by atoms with van der Waals surface area (Å²) in [5.41, 5.74) is 6.72. The summed E-state index contributed by atoms with van der Waals surface area (Å²) in [6.45, 7) is 0. The maximum Gasteiger partial charge on any atom is 0.328 e. The average Bonchev–Trinajstić information content (AvgIpc) is 2.53. The van der Waals surface area contributed by atoms with Gasteiger partial charge in [0, 0.05) is 0 Å². The van der Waals surface area contributed by atoms with E-state index in [0.29, 0.717) is 6.42 Å². The number of ether oxygens (including phenoxy) is 2. The first-order chi connectivity index (χ1) is 10.5. The van der Waals surface area contributed by atoms with Gasteiger partial charge >= 0.3 is 11.9 Å². The fourth-order valence-electron chi connectivity index (χ4n) is 1.83. The van der Waals surface area contributed by atoms with Crippen LogP contribution in [0.2, 0.25) is 0 Å². The van der Waals surface area contributed by atoms with E-state index in [0.717, 1.165) is 5.56 Å². The van der Waals surface area contributed by atoms with Gasteiger partial charge in [0.2, 0.25) is 5.91 Å². The Morgan fingerprint density at radius 1 is 1.14 bits per heavy atom. The summed E-state index contributed by atoms with van der Waals surface area (Å²) >= 11 is 0. The second-order valence-corrected chi connectivity index (χ2v) is 4.66. The molecule has 0 aromatic heterocycles. The number of hydrogen-bond donors (Lipinski definition) is 2. The molecule has 2 atom stereocenters. The third kappa shape index (κ3) is 5.53. The van der Waals surface area contributed by atoms with Crippen LogP contribution in [0.25, 0.3) is 0 Å². The Labute approximate surface area is 128 Å². The predicted molar refractivity (Wildman–Crippen MR) is 78.7 cm³/mol. The molecule has 0 bridgehead atoms. The third-order valence-corrected chi connectivity index (χ3v) is 3.04. The van der Waals surface area contributed by atoms with E-state index in [2.05, 4.69) is 14.8 Å². The minimum atomic E-state index is -1.12. The number of nitrogens with one attached hydrogen (secondary N) is 1. The Bertz CT molecular complexity index is 518. The Kier molecular flexibility index (Phi) is 7.04. The van der Waals surface area contributed by atoms with E-state index >= 15 is 0 Å². The van der Waals surface area contributed by atoms with Gasteiger partial charge in [-0.05, 0) is 12.0 Å². The van der Waals surface area contributed by atoms with Crippen molar-refractivity contribution in [2.24, 2.45) is 5.73 Å². The van der Waals surface area contributed by atoms with Gasteiger partial charge in [-0.1, -0.05) is 30.3 Å². The molecular weight excluding hydrogens is 288 g/mol. The minimum Gasteiger partial charge on any atom is -0.469 e. The highest BCUT2D eigenvalue weighted by Crippen LogP contribution is 2.03. The van der Waals surface area contributed by atoms with Gasteiger partial charge in [-0.2, -0.15) is 0 Å². The lowest BCUT2D eigenvalue weighted by Crippen LogP contribution is -2.50. The van der Waals surface area contributed by atoms with Crippen LogP contribution in [-0.4, -0.2) is 44.1 Å². The summed E-state index contributed by atoms with van der Waals surface area (Å²) in [7, 11) is 2.36. The molecule has 0 fully saturated rings. The zero-order valence-electron chi connectivity index (χ0n) is 12.6. The van der Waals surface area contributed by atoms with E-state index in [1.165, 1.54) is 14.2 Å². The lowest BCUT2D eigenvalue weighted by atomic mass is 10.1. The molecule has 0 aliphatic heterocycles. The first-order valence-electron chi connectivity index (χ1n) is 6.72. The number of rotatable bonds is 7. The van der Waals surface area contributed by atoms with Crippen LogP contribution in [-0.2, 0) is 30.3 Å². The smallest absolute Gasteiger partial charge is 0.328 e. The summed E-state index contributed by atoms with van der Waals surface area (Å²) in [6, 6.07) is 7.28. The van der Waals surface area contributed by atoms with Crippen LogP contribution in [0, 0.1) is 0 Å². The average molecular weight is 308 g/mol. The van der Waals surface area contributed by atoms with Gasteiger partial charge in [0.1, 0.15) is 6.04 Å². The summed E-state index contributed by atoms with van der Waals surface area (Å²) in [6.07, 6.45) is 0.00571. The molecule has 0 saturated heterocycles. The molecule has 7 nitrogen and oxygen atoms in total. The summed E-state index contributed by atoms with van der Waals surface area (Å²) in [5, 5.41) is 2.41. The molecule has 7 heteroatoms. The van der Waals surface area contributed by atoms with E-state index in [1.54, 1.807) is 0 Å².